The number of aliphatic hydroxyl groups is 2. The lowest BCUT2D eigenvalue weighted by molar-refractivity contribution is -0.139. The molecular formula is C28H33F3N2O3S. The molecule has 0 bridgehead atoms. The lowest BCUT2D eigenvalue weighted by Crippen LogP contribution is -2.43. The van der Waals surface area contributed by atoms with Gasteiger partial charge in [0.2, 0.25) is 0 Å². The monoisotopic (exact) mass is 534 g/mol. The SMILES string of the molecule is COc1ccc2nccc(C(O)CC[C@@H]3CCN(CCSc4ccccc4C(F)(F)F)C[C@@H]3CO)c2c1. The number of thioether (sulfide) groups is 1. The zero-order chi connectivity index (χ0) is 26.4. The van der Waals surface area contributed by atoms with Crippen LogP contribution in [-0.4, -0.2) is 59.2 Å². The van der Waals surface area contributed by atoms with Crippen LogP contribution in [0.15, 0.2) is 59.6 Å². The van der Waals surface area contributed by atoms with Gasteiger partial charge in [0.1, 0.15) is 5.75 Å². The van der Waals surface area contributed by atoms with Crippen molar-refractivity contribution < 1.29 is 28.1 Å². The number of methoxy groups -OCH3 is 1. The van der Waals surface area contributed by atoms with Crippen LogP contribution in [0.4, 0.5) is 13.2 Å². The molecule has 4 rings (SSSR count). The summed E-state index contributed by atoms with van der Waals surface area (Å²) < 4.78 is 45.1. The Morgan fingerprint density at radius 1 is 1.16 bits per heavy atom. The Balaban J connectivity index is 1.30. The van der Waals surface area contributed by atoms with Crippen molar-refractivity contribution in [3.8, 4) is 5.75 Å². The van der Waals surface area contributed by atoms with Crippen molar-refractivity contribution in [3.63, 3.8) is 0 Å². The fourth-order valence-electron chi connectivity index (χ4n) is 5.15. The van der Waals surface area contributed by atoms with Gasteiger partial charge in [-0.05, 0) is 79.6 Å². The van der Waals surface area contributed by atoms with Crippen LogP contribution in [0.3, 0.4) is 0 Å². The summed E-state index contributed by atoms with van der Waals surface area (Å²) >= 11 is 1.22. The zero-order valence-corrected chi connectivity index (χ0v) is 21.6. The molecule has 1 aliphatic heterocycles. The zero-order valence-electron chi connectivity index (χ0n) is 20.8. The number of rotatable bonds is 10. The molecule has 200 valence electrons. The van der Waals surface area contributed by atoms with E-state index in [1.54, 1.807) is 19.4 Å². The minimum Gasteiger partial charge on any atom is -0.497 e. The van der Waals surface area contributed by atoms with E-state index in [2.05, 4.69) is 9.88 Å². The smallest absolute Gasteiger partial charge is 0.417 e. The van der Waals surface area contributed by atoms with Crippen molar-refractivity contribution in [2.24, 2.45) is 11.8 Å². The molecule has 2 N–H and O–H groups in total. The Morgan fingerprint density at radius 2 is 1.97 bits per heavy atom. The molecule has 37 heavy (non-hydrogen) atoms. The van der Waals surface area contributed by atoms with E-state index < -0.39 is 17.8 Å². The van der Waals surface area contributed by atoms with Gasteiger partial charge in [-0.15, -0.1) is 11.8 Å². The average molecular weight is 535 g/mol. The van der Waals surface area contributed by atoms with E-state index >= 15 is 0 Å². The van der Waals surface area contributed by atoms with Crippen LogP contribution in [0.1, 0.15) is 36.5 Å². The van der Waals surface area contributed by atoms with Gasteiger partial charge in [0, 0.05) is 41.9 Å². The number of aliphatic hydroxyl groups excluding tert-OH is 2. The number of ether oxygens (including phenoxy) is 1. The lowest BCUT2D eigenvalue weighted by Gasteiger charge is -2.38. The number of fused-ring (bicyclic) bond motifs is 1. The molecule has 0 amide bonds. The van der Waals surface area contributed by atoms with Crippen molar-refractivity contribution >= 4 is 22.7 Å². The highest BCUT2D eigenvalue weighted by Crippen LogP contribution is 2.37. The van der Waals surface area contributed by atoms with Crippen molar-refractivity contribution in [2.75, 3.05) is 39.1 Å². The number of halogens is 3. The first-order valence-corrected chi connectivity index (χ1v) is 13.5. The van der Waals surface area contributed by atoms with Gasteiger partial charge in [-0.2, -0.15) is 13.2 Å². The van der Waals surface area contributed by atoms with Gasteiger partial charge in [-0.1, -0.05) is 12.1 Å². The van der Waals surface area contributed by atoms with Crippen LogP contribution >= 0.6 is 11.8 Å². The Morgan fingerprint density at radius 3 is 2.73 bits per heavy atom. The first-order valence-electron chi connectivity index (χ1n) is 12.5. The molecule has 1 unspecified atom stereocenters. The molecule has 0 aliphatic carbocycles. The number of piperidine rings is 1. The maximum Gasteiger partial charge on any atom is 0.417 e. The molecule has 2 aromatic carbocycles. The summed E-state index contributed by atoms with van der Waals surface area (Å²) in [6.07, 6.45) is -1.08. The number of aromatic nitrogens is 1. The summed E-state index contributed by atoms with van der Waals surface area (Å²) in [5, 5.41) is 21.9. The predicted octanol–water partition coefficient (Wildman–Crippen LogP) is 5.80. The Labute approximate surface area is 219 Å². The van der Waals surface area contributed by atoms with Gasteiger partial charge in [0.05, 0.1) is 24.3 Å². The van der Waals surface area contributed by atoms with Crippen molar-refractivity contribution in [3.05, 3.63) is 65.9 Å². The van der Waals surface area contributed by atoms with E-state index in [1.165, 1.54) is 23.9 Å². The van der Waals surface area contributed by atoms with E-state index in [9.17, 15) is 23.4 Å². The summed E-state index contributed by atoms with van der Waals surface area (Å²) in [4.78, 5) is 6.85. The molecule has 2 heterocycles. The highest BCUT2D eigenvalue weighted by Gasteiger charge is 2.33. The number of hydrogen-bond acceptors (Lipinski definition) is 6. The quantitative estimate of drug-likeness (QED) is 0.321. The summed E-state index contributed by atoms with van der Waals surface area (Å²) in [5.41, 5.74) is 1.03. The standard InChI is InChI=1S/C28H33F3N2O3S/c1-36-21-7-8-25-23(16-21)22(10-12-32-25)26(35)9-6-19-11-13-33(17-20(19)18-34)14-15-37-27-5-3-2-4-24(27)28(29,30)31/h2-5,7-8,10,12,16,19-20,26,34-35H,6,9,11,13-15,17-18H2,1H3/t19-,20-,26?/m1/s1. The molecule has 1 aromatic heterocycles. The first kappa shape index (κ1) is 27.7. The van der Waals surface area contributed by atoms with Crippen LogP contribution in [0.5, 0.6) is 5.75 Å². The Bertz CT molecular complexity index is 1180. The molecule has 5 nitrogen and oxygen atoms in total. The summed E-state index contributed by atoms with van der Waals surface area (Å²) in [6.45, 7) is 2.24. The fourth-order valence-corrected chi connectivity index (χ4v) is 6.23. The van der Waals surface area contributed by atoms with Crippen molar-refractivity contribution in [1.29, 1.82) is 0 Å². The third-order valence-corrected chi connectivity index (χ3v) is 8.27. The van der Waals surface area contributed by atoms with E-state index in [0.717, 1.165) is 41.9 Å². The van der Waals surface area contributed by atoms with Gasteiger partial charge >= 0.3 is 6.18 Å². The summed E-state index contributed by atoms with van der Waals surface area (Å²) in [7, 11) is 1.61. The highest BCUT2D eigenvalue weighted by atomic mass is 32.2. The Kier molecular flexibility index (Phi) is 9.34. The number of pyridine rings is 1. The molecule has 1 aliphatic rings. The second-order valence-corrected chi connectivity index (χ2v) is 10.6. The summed E-state index contributed by atoms with van der Waals surface area (Å²) in [6, 6.07) is 13.1. The third kappa shape index (κ3) is 6.96. The minimum absolute atomic E-state index is 0.0523. The van der Waals surface area contributed by atoms with Gasteiger partial charge in [0.15, 0.2) is 0 Å². The van der Waals surface area contributed by atoms with Gasteiger partial charge in [-0.3, -0.25) is 4.98 Å². The largest absolute Gasteiger partial charge is 0.497 e. The minimum atomic E-state index is -4.36. The topological polar surface area (TPSA) is 65.8 Å². The van der Waals surface area contributed by atoms with Crippen LogP contribution in [0.2, 0.25) is 0 Å². The van der Waals surface area contributed by atoms with Crippen LogP contribution < -0.4 is 4.74 Å². The van der Waals surface area contributed by atoms with E-state index in [-0.39, 0.29) is 23.3 Å². The van der Waals surface area contributed by atoms with Gasteiger partial charge < -0.3 is 19.8 Å². The normalized spacial score (nSPS) is 19.7. The third-order valence-electron chi connectivity index (χ3n) is 7.22. The molecule has 3 atom stereocenters. The molecule has 0 saturated carbocycles. The van der Waals surface area contributed by atoms with Crippen molar-refractivity contribution in [2.45, 2.75) is 36.4 Å². The van der Waals surface area contributed by atoms with E-state index in [1.807, 2.05) is 24.3 Å². The number of likely N-dealkylation sites (tertiary alicyclic amines) is 1. The van der Waals surface area contributed by atoms with Gasteiger partial charge in [0.25, 0.3) is 0 Å². The van der Waals surface area contributed by atoms with Crippen LogP contribution in [-0.2, 0) is 6.18 Å². The fraction of sp³-hybridized carbons (Fsp3) is 0.464. The van der Waals surface area contributed by atoms with E-state index in [4.69, 9.17) is 4.74 Å². The maximum atomic E-state index is 13.2. The predicted molar refractivity (Wildman–Crippen MR) is 140 cm³/mol. The molecular weight excluding hydrogens is 501 g/mol. The van der Waals surface area contributed by atoms with Crippen molar-refractivity contribution in [1.82, 2.24) is 9.88 Å². The number of alkyl halides is 3. The average Bonchev–Trinajstić information content (AvgIpc) is 2.91. The lowest BCUT2D eigenvalue weighted by atomic mass is 9.81. The van der Waals surface area contributed by atoms with Crippen LogP contribution in [0.25, 0.3) is 10.9 Å². The summed E-state index contributed by atoms with van der Waals surface area (Å²) in [5.74, 6) is 1.61. The molecule has 0 radical (unpaired) electrons. The highest BCUT2D eigenvalue weighted by molar-refractivity contribution is 7.99. The Hall–Kier alpha value is -2.33. The molecule has 1 saturated heterocycles. The second-order valence-electron chi connectivity index (χ2n) is 9.51. The molecule has 9 heteroatoms. The molecule has 1 fully saturated rings. The van der Waals surface area contributed by atoms with Gasteiger partial charge in [-0.25, -0.2) is 0 Å². The first-order chi connectivity index (χ1) is 17.8. The second kappa shape index (κ2) is 12.5. The van der Waals surface area contributed by atoms with Crippen LogP contribution in [0, 0.1) is 11.8 Å². The molecule has 3 aromatic rings. The van der Waals surface area contributed by atoms with E-state index in [0.29, 0.717) is 31.0 Å². The number of hydrogen-bond donors (Lipinski definition) is 2. The maximum absolute atomic E-state index is 13.2. The number of benzene rings is 2. The molecule has 0 spiro atoms. The number of nitrogens with zero attached hydrogens (tertiary/aromatic N) is 2.